The molecule has 0 amide bonds. The highest BCUT2D eigenvalue weighted by atomic mass is 16.5. The fourth-order valence-electron chi connectivity index (χ4n) is 11.2. The normalized spacial score (nSPS) is 12.4. The van der Waals surface area contributed by atoms with Crippen LogP contribution in [0.4, 0.5) is 17.1 Å². The lowest BCUT2D eigenvalue weighted by Crippen LogP contribution is -2.17. The van der Waals surface area contributed by atoms with E-state index in [0.717, 1.165) is 95.4 Å². The summed E-state index contributed by atoms with van der Waals surface area (Å²) in [6.07, 6.45) is 4.34. The molecule has 10 aromatic carbocycles. The lowest BCUT2D eigenvalue weighted by Gasteiger charge is -2.34. The van der Waals surface area contributed by atoms with E-state index < -0.39 is 0 Å². The van der Waals surface area contributed by atoms with Gasteiger partial charge in [0, 0.05) is 73.0 Å². The van der Waals surface area contributed by atoms with Crippen LogP contribution in [0.15, 0.2) is 249 Å². The van der Waals surface area contributed by atoms with E-state index in [-0.39, 0.29) is 0 Å². The predicted octanol–water partition coefficient (Wildman–Crippen LogP) is 17.0. The van der Waals surface area contributed by atoms with Gasteiger partial charge in [-0.2, -0.15) is 0 Å². The number of ether oxygens (including phenoxy) is 1. The molecule has 0 spiro atoms. The quantitative estimate of drug-likeness (QED) is 0.167. The maximum absolute atomic E-state index is 6.84. The molecular weight excluding hydrogens is 855 g/mol. The Bertz CT molecular complexity index is 4390. The number of benzene rings is 10. The van der Waals surface area contributed by atoms with E-state index in [1.165, 1.54) is 32.4 Å². The summed E-state index contributed by atoms with van der Waals surface area (Å²) in [5, 5.41) is 7.15. The van der Waals surface area contributed by atoms with E-state index in [2.05, 4.69) is 272 Å². The average molecular weight is 896 g/mol. The van der Waals surface area contributed by atoms with Crippen molar-refractivity contribution in [3.05, 3.63) is 249 Å². The molecule has 1 aliphatic heterocycles. The van der Waals surface area contributed by atoms with Gasteiger partial charge in [-0.15, -0.1) is 0 Å². The number of hydrogen-bond acceptors (Lipinski definition) is 2. The summed E-state index contributed by atoms with van der Waals surface area (Å²) in [4.78, 5) is 2.41. The first kappa shape index (κ1) is 38.6. The second-order valence-corrected chi connectivity index (χ2v) is 18.2. The monoisotopic (exact) mass is 895 g/mol. The van der Waals surface area contributed by atoms with E-state index in [1.807, 2.05) is 0 Å². The summed E-state index contributed by atoms with van der Waals surface area (Å²) in [7, 11) is 0. The molecule has 4 aromatic heterocycles. The summed E-state index contributed by atoms with van der Waals surface area (Å²) in [6, 6.07) is 85.5. The van der Waals surface area contributed by atoms with Crippen LogP contribution in [0.1, 0.15) is 0 Å². The van der Waals surface area contributed by atoms with Gasteiger partial charge in [-0.05, 0) is 133 Å². The Kier molecular flexibility index (Phi) is 8.26. The lowest BCUT2D eigenvalue weighted by molar-refractivity contribution is 0.478. The first-order chi connectivity index (χ1) is 34.7. The third-order valence-corrected chi connectivity index (χ3v) is 14.4. The van der Waals surface area contributed by atoms with E-state index in [9.17, 15) is 0 Å². The molecule has 0 fully saturated rings. The van der Waals surface area contributed by atoms with Gasteiger partial charge in [-0.25, -0.2) is 0 Å². The van der Waals surface area contributed by atoms with Crippen LogP contribution in [-0.4, -0.2) is 18.3 Å². The zero-order chi connectivity index (χ0) is 45.9. The fraction of sp³-hybridized carbons (Fsp3) is 0. The van der Waals surface area contributed by atoms with Crippen molar-refractivity contribution >= 4 is 82.5 Å². The molecule has 1 aliphatic rings. The fourth-order valence-corrected chi connectivity index (χ4v) is 11.2. The summed E-state index contributed by atoms with van der Waals surface area (Å²) in [6.45, 7) is 0. The SMILES string of the molecule is c1ccc(-n2ccc3cc4c(cc32)N(c2ccc(-n3c5ccccc5c5cc6ccn(-c7ccccc7)c6cc53)cc2-c2ccc3c(c2)c2ccccc2n3-c2ccccc2)c2ccccc2O4)cc1. The van der Waals surface area contributed by atoms with Crippen LogP contribution in [0.2, 0.25) is 0 Å². The Labute approximate surface area is 402 Å². The van der Waals surface area contributed by atoms with Gasteiger partial charge in [0.15, 0.2) is 11.5 Å². The number of aromatic nitrogens is 4. The topological polar surface area (TPSA) is 32.2 Å². The highest BCUT2D eigenvalue weighted by Gasteiger charge is 2.30. The first-order valence-corrected chi connectivity index (χ1v) is 23.8. The zero-order valence-electron chi connectivity index (χ0n) is 37.8. The van der Waals surface area contributed by atoms with Gasteiger partial charge in [0.25, 0.3) is 0 Å². The summed E-state index contributed by atoms with van der Waals surface area (Å²) in [5.41, 5.74) is 16.5. The molecule has 70 heavy (non-hydrogen) atoms. The van der Waals surface area contributed by atoms with Crippen molar-refractivity contribution in [2.24, 2.45) is 0 Å². The summed E-state index contributed by atoms with van der Waals surface area (Å²) in [5.74, 6) is 1.61. The molecule has 5 heterocycles. The third kappa shape index (κ3) is 5.74. The summed E-state index contributed by atoms with van der Waals surface area (Å²) >= 11 is 0. The second-order valence-electron chi connectivity index (χ2n) is 18.2. The number of anilines is 3. The van der Waals surface area contributed by atoms with E-state index in [0.29, 0.717) is 0 Å². The second kappa shape index (κ2) is 15.0. The molecule has 0 bridgehead atoms. The summed E-state index contributed by atoms with van der Waals surface area (Å²) < 4.78 is 16.2. The number of rotatable bonds is 6. The van der Waals surface area contributed by atoms with Crippen LogP contribution in [0.3, 0.4) is 0 Å². The maximum atomic E-state index is 6.84. The third-order valence-electron chi connectivity index (χ3n) is 14.4. The number of fused-ring (bicyclic) bond motifs is 10. The molecular formula is C64H41N5O. The Morgan fingerprint density at radius 2 is 0.843 bits per heavy atom. The molecule has 14 aromatic rings. The maximum Gasteiger partial charge on any atom is 0.152 e. The van der Waals surface area contributed by atoms with E-state index in [1.54, 1.807) is 0 Å². The smallest absolute Gasteiger partial charge is 0.152 e. The highest BCUT2D eigenvalue weighted by Crippen LogP contribution is 2.54. The van der Waals surface area contributed by atoms with Crippen molar-refractivity contribution in [2.75, 3.05) is 4.90 Å². The lowest BCUT2D eigenvalue weighted by atomic mass is 9.98. The molecule has 0 N–H and O–H groups in total. The van der Waals surface area contributed by atoms with Crippen LogP contribution >= 0.6 is 0 Å². The Morgan fingerprint density at radius 1 is 0.286 bits per heavy atom. The predicted molar refractivity (Wildman–Crippen MR) is 289 cm³/mol. The van der Waals surface area contributed by atoms with Crippen LogP contribution in [0.25, 0.3) is 99.3 Å². The molecule has 6 nitrogen and oxygen atoms in total. The zero-order valence-corrected chi connectivity index (χ0v) is 37.8. The molecule has 0 saturated carbocycles. The molecule has 0 unspecified atom stereocenters. The molecule has 0 atom stereocenters. The van der Waals surface area contributed by atoms with Gasteiger partial charge in [0.1, 0.15) is 0 Å². The van der Waals surface area contributed by atoms with E-state index >= 15 is 0 Å². The van der Waals surface area contributed by atoms with Gasteiger partial charge in [0.2, 0.25) is 0 Å². The molecule has 6 heteroatoms. The van der Waals surface area contributed by atoms with Crippen molar-refractivity contribution in [1.29, 1.82) is 0 Å². The number of hydrogen-bond donors (Lipinski definition) is 0. The van der Waals surface area contributed by atoms with Crippen LogP contribution in [-0.2, 0) is 0 Å². The average Bonchev–Trinajstić information content (AvgIpc) is 4.20. The Morgan fingerprint density at radius 3 is 1.54 bits per heavy atom. The molecule has 15 rings (SSSR count). The molecule has 0 aliphatic carbocycles. The van der Waals surface area contributed by atoms with Gasteiger partial charge < -0.3 is 27.9 Å². The Hall–Kier alpha value is -9.52. The number of nitrogens with zero attached hydrogens (tertiary/aromatic N) is 5. The minimum atomic E-state index is 0.807. The minimum absolute atomic E-state index is 0.807. The van der Waals surface area contributed by atoms with E-state index in [4.69, 9.17) is 4.74 Å². The van der Waals surface area contributed by atoms with Crippen LogP contribution in [0, 0.1) is 0 Å². The van der Waals surface area contributed by atoms with Crippen molar-refractivity contribution in [2.45, 2.75) is 0 Å². The van der Waals surface area contributed by atoms with Gasteiger partial charge in [-0.1, -0.05) is 109 Å². The molecule has 0 radical (unpaired) electrons. The largest absolute Gasteiger partial charge is 0.453 e. The standard InChI is InChI=1S/C64H41N5O/c1-4-16-45(17-5-1)65-34-32-43-37-53-50-23-11-13-25-55(50)68(61(53)40-59(43)65)48-29-31-56(51(39-48)42-28-30-57-52(36-42)49-22-10-12-24-54(49)67(57)47-20-8-3-9-21-47)69-58-26-14-15-27-63(58)70-64-38-44-33-35-66(60(44)41-62(64)69)46-18-6-2-7-19-46/h1-41H. The van der Waals surface area contributed by atoms with Crippen molar-refractivity contribution in [3.8, 4) is 45.4 Å². The number of para-hydroxylation sites is 7. The van der Waals surface area contributed by atoms with Gasteiger partial charge >= 0.3 is 0 Å². The first-order valence-electron chi connectivity index (χ1n) is 23.8. The van der Waals surface area contributed by atoms with Crippen molar-refractivity contribution in [3.63, 3.8) is 0 Å². The van der Waals surface area contributed by atoms with Crippen LogP contribution < -0.4 is 9.64 Å². The van der Waals surface area contributed by atoms with Gasteiger partial charge in [0.05, 0.1) is 50.2 Å². The highest BCUT2D eigenvalue weighted by molar-refractivity contribution is 6.14. The molecule has 328 valence electrons. The minimum Gasteiger partial charge on any atom is -0.453 e. The van der Waals surface area contributed by atoms with Gasteiger partial charge in [-0.3, -0.25) is 0 Å². The van der Waals surface area contributed by atoms with Crippen molar-refractivity contribution in [1.82, 2.24) is 18.3 Å². The van der Waals surface area contributed by atoms with Crippen molar-refractivity contribution < 1.29 is 4.74 Å². The molecule has 0 saturated heterocycles. The Balaban J connectivity index is 1.02. The van der Waals surface area contributed by atoms with Crippen LogP contribution in [0.5, 0.6) is 11.5 Å².